The lowest BCUT2D eigenvalue weighted by molar-refractivity contribution is -0.141. The van der Waals surface area contributed by atoms with Crippen LogP contribution in [0.2, 0.25) is 0 Å². The molecule has 1 saturated heterocycles. The Morgan fingerprint density at radius 2 is 2.55 bits per heavy atom. The zero-order valence-electron chi connectivity index (χ0n) is 6.55. The molecular formula is C7H12FNO2. The molecule has 1 aliphatic heterocycles. The molecule has 0 amide bonds. The zero-order chi connectivity index (χ0) is 8.27. The Morgan fingerprint density at radius 1 is 1.82 bits per heavy atom. The minimum atomic E-state index is -0.764. The number of methoxy groups -OCH3 is 1. The highest BCUT2D eigenvalue weighted by Gasteiger charge is 2.23. The van der Waals surface area contributed by atoms with Crippen molar-refractivity contribution >= 4 is 5.97 Å². The molecule has 0 aromatic carbocycles. The fourth-order valence-electron chi connectivity index (χ4n) is 1.18. The Bertz CT molecular complexity index is 151. The number of alkyl halides is 1. The highest BCUT2D eigenvalue weighted by Crippen LogP contribution is 2.11. The number of likely N-dealkylation sites (tertiary alicyclic amines) is 1. The Hall–Kier alpha value is -0.640. The molecule has 0 aliphatic carbocycles. The molecule has 0 saturated carbocycles. The van der Waals surface area contributed by atoms with Crippen molar-refractivity contribution < 1.29 is 13.9 Å². The van der Waals surface area contributed by atoms with Gasteiger partial charge in [0.15, 0.2) is 0 Å². The molecule has 1 rings (SSSR count). The van der Waals surface area contributed by atoms with E-state index in [0.29, 0.717) is 19.5 Å². The van der Waals surface area contributed by atoms with Crippen molar-refractivity contribution in [2.45, 2.75) is 12.6 Å². The zero-order valence-corrected chi connectivity index (χ0v) is 6.55. The molecule has 0 aromatic rings. The van der Waals surface area contributed by atoms with E-state index in [1.807, 2.05) is 0 Å². The number of rotatable bonds is 2. The Labute approximate surface area is 65.1 Å². The summed E-state index contributed by atoms with van der Waals surface area (Å²) >= 11 is 0. The lowest BCUT2D eigenvalue weighted by Gasteiger charge is -2.11. The number of nitrogens with zero attached hydrogens (tertiary/aromatic N) is 1. The van der Waals surface area contributed by atoms with Crippen molar-refractivity contribution in [2.75, 3.05) is 26.7 Å². The third-order valence-corrected chi connectivity index (χ3v) is 1.80. The van der Waals surface area contributed by atoms with E-state index in [-0.39, 0.29) is 12.5 Å². The molecule has 11 heavy (non-hydrogen) atoms. The molecule has 0 aromatic heterocycles. The third-order valence-electron chi connectivity index (χ3n) is 1.80. The van der Waals surface area contributed by atoms with Gasteiger partial charge < -0.3 is 4.74 Å². The van der Waals surface area contributed by atoms with Crippen LogP contribution in [-0.2, 0) is 9.53 Å². The number of hydrogen-bond acceptors (Lipinski definition) is 3. The van der Waals surface area contributed by atoms with Gasteiger partial charge >= 0.3 is 5.97 Å². The van der Waals surface area contributed by atoms with Gasteiger partial charge in [0, 0.05) is 13.1 Å². The summed E-state index contributed by atoms with van der Waals surface area (Å²) in [6.07, 6.45) is -0.226. The van der Waals surface area contributed by atoms with E-state index in [1.165, 1.54) is 7.11 Å². The van der Waals surface area contributed by atoms with Crippen LogP contribution in [0.5, 0.6) is 0 Å². The maximum absolute atomic E-state index is 12.5. The van der Waals surface area contributed by atoms with Crippen molar-refractivity contribution in [3.05, 3.63) is 0 Å². The summed E-state index contributed by atoms with van der Waals surface area (Å²) in [5, 5.41) is 0. The molecule has 64 valence electrons. The number of carbonyl (C=O) groups excluding carboxylic acids is 1. The van der Waals surface area contributed by atoms with Gasteiger partial charge in [-0.1, -0.05) is 0 Å². The Morgan fingerprint density at radius 3 is 3.00 bits per heavy atom. The van der Waals surface area contributed by atoms with Crippen molar-refractivity contribution in [1.29, 1.82) is 0 Å². The molecule has 4 heteroatoms. The standard InChI is InChI=1S/C7H12FNO2/c1-11-7(10)5-9-3-2-6(8)4-9/h6H,2-5H2,1H3/t6-/m1/s1. The minimum absolute atomic E-state index is 0.219. The summed E-state index contributed by atoms with van der Waals surface area (Å²) < 4.78 is 17.0. The van der Waals surface area contributed by atoms with Gasteiger partial charge in [0.25, 0.3) is 0 Å². The molecule has 0 spiro atoms. The minimum Gasteiger partial charge on any atom is -0.468 e. The van der Waals surface area contributed by atoms with E-state index in [4.69, 9.17) is 0 Å². The highest BCUT2D eigenvalue weighted by molar-refractivity contribution is 5.71. The molecular weight excluding hydrogens is 149 g/mol. The van der Waals surface area contributed by atoms with Gasteiger partial charge in [-0.05, 0) is 6.42 Å². The van der Waals surface area contributed by atoms with Crippen LogP contribution in [0.1, 0.15) is 6.42 Å². The summed E-state index contributed by atoms with van der Waals surface area (Å²) in [7, 11) is 1.34. The smallest absolute Gasteiger partial charge is 0.319 e. The van der Waals surface area contributed by atoms with Crippen molar-refractivity contribution in [2.24, 2.45) is 0 Å². The predicted molar refractivity (Wildman–Crippen MR) is 38.0 cm³/mol. The van der Waals surface area contributed by atoms with Crippen LogP contribution in [0.25, 0.3) is 0 Å². The number of hydrogen-bond donors (Lipinski definition) is 0. The SMILES string of the molecule is COC(=O)CN1CC[C@@H](F)C1. The molecule has 1 fully saturated rings. The number of carbonyl (C=O) groups is 1. The van der Waals surface area contributed by atoms with Gasteiger partial charge in [-0.3, -0.25) is 9.69 Å². The van der Waals surface area contributed by atoms with Crippen molar-refractivity contribution in [1.82, 2.24) is 4.90 Å². The van der Waals surface area contributed by atoms with Gasteiger partial charge in [-0.15, -0.1) is 0 Å². The van der Waals surface area contributed by atoms with E-state index in [9.17, 15) is 9.18 Å². The molecule has 0 N–H and O–H groups in total. The van der Waals surface area contributed by atoms with E-state index < -0.39 is 6.17 Å². The van der Waals surface area contributed by atoms with Crippen molar-refractivity contribution in [3.63, 3.8) is 0 Å². The topological polar surface area (TPSA) is 29.5 Å². The second kappa shape index (κ2) is 3.67. The fraction of sp³-hybridized carbons (Fsp3) is 0.857. The molecule has 1 aliphatic rings. The predicted octanol–water partition coefficient (Wildman–Crippen LogP) is 0.203. The van der Waals surface area contributed by atoms with Crippen LogP contribution < -0.4 is 0 Å². The molecule has 3 nitrogen and oxygen atoms in total. The van der Waals surface area contributed by atoms with E-state index >= 15 is 0 Å². The highest BCUT2D eigenvalue weighted by atomic mass is 19.1. The molecule has 0 unspecified atom stereocenters. The molecule has 1 heterocycles. The molecule has 1 atom stereocenters. The largest absolute Gasteiger partial charge is 0.468 e. The first kappa shape index (κ1) is 8.46. The van der Waals surface area contributed by atoms with Gasteiger partial charge in [0.2, 0.25) is 0 Å². The molecule has 0 radical (unpaired) electrons. The van der Waals surface area contributed by atoms with Gasteiger partial charge in [0.05, 0.1) is 13.7 Å². The van der Waals surface area contributed by atoms with E-state index in [1.54, 1.807) is 4.90 Å². The van der Waals surface area contributed by atoms with Gasteiger partial charge in [-0.2, -0.15) is 0 Å². The summed E-state index contributed by atoms with van der Waals surface area (Å²) in [5.74, 6) is -0.292. The van der Waals surface area contributed by atoms with Gasteiger partial charge in [0.1, 0.15) is 6.17 Å². The second-order valence-electron chi connectivity index (χ2n) is 2.70. The van der Waals surface area contributed by atoms with Crippen LogP contribution in [0, 0.1) is 0 Å². The van der Waals surface area contributed by atoms with Gasteiger partial charge in [-0.25, -0.2) is 4.39 Å². The summed E-state index contributed by atoms with van der Waals surface area (Å²) in [5.41, 5.74) is 0. The monoisotopic (exact) mass is 161 g/mol. The first-order valence-electron chi connectivity index (χ1n) is 3.65. The van der Waals surface area contributed by atoms with Crippen LogP contribution in [0.15, 0.2) is 0 Å². The maximum atomic E-state index is 12.5. The van der Waals surface area contributed by atoms with Crippen LogP contribution in [0.3, 0.4) is 0 Å². The lowest BCUT2D eigenvalue weighted by Crippen LogP contribution is -2.28. The van der Waals surface area contributed by atoms with Crippen LogP contribution >= 0.6 is 0 Å². The Kier molecular flexibility index (Phi) is 2.82. The quantitative estimate of drug-likeness (QED) is 0.542. The Balaban J connectivity index is 2.23. The normalized spacial score (nSPS) is 25.5. The number of halogens is 1. The van der Waals surface area contributed by atoms with Crippen LogP contribution in [0.4, 0.5) is 4.39 Å². The fourth-order valence-corrected chi connectivity index (χ4v) is 1.18. The van der Waals surface area contributed by atoms with Crippen molar-refractivity contribution in [3.8, 4) is 0 Å². The third kappa shape index (κ3) is 2.46. The summed E-state index contributed by atoms with van der Waals surface area (Å²) in [6.45, 7) is 1.25. The molecule has 0 bridgehead atoms. The number of esters is 1. The van der Waals surface area contributed by atoms with Crippen LogP contribution in [-0.4, -0.2) is 43.8 Å². The average molecular weight is 161 g/mol. The van der Waals surface area contributed by atoms with E-state index in [0.717, 1.165) is 0 Å². The second-order valence-corrected chi connectivity index (χ2v) is 2.70. The average Bonchev–Trinajstić information content (AvgIpc) is 2.35. The lowest BCUT2D eigenvalue weighted by atomic mass is 10.3. The van der Waals surface area contributed by atoms with E-state index in [2.05, 4.69) is 4.74 Å². The first-order valence-corrected chi connectivity index (χ1v) is 3.65. The number of ether oxygens (including phenoxy) is 1. The summed E-state index contributed by atoms with van der Waals surface area (Å²) in [4.78, 5) is 12.4. The first-order chi connectivity index (χ1) is 5.22. The summed E-state index contributed by atoms with van der Waals surface area (Å²) in [6, 6.07) is 0. The maximum Gasteiger partial charge on any atom is 0.319 e.